The first-order valence-electron chi connectivity index (χ1n) is 5.86. The molecule has 98 valence electrons. The molecule has 18 heavy (non-hydrogen) atoms. The smallest absolute Gasteiger partial charge is 0.273 e. The van der Waals surface area contributed by atoms with Gasteiger partial charge in [0.2, 0.25) is 0 Å². The summed E-state index contributed by atoms with van der Waals surface area (Å²) in [5.74, 6) is 0. The summed E-state index contributed by atoms with van der Waals surface area (Å²) in [6.45, 7) is 3.24. The molecule has 0 spiro atoms. The van der Waals surface area contributed by atoms with Gasteiger partial charge in [-0.15, -0.1) is 0 Å². The molecule has 1 aliphatic heterocycles. The van der Waals surface area contributed by atoms with E-state index in [0.29, 0.717) is 16.6 Å². The van der Waals surface area contributed by atoms with E-state index in [-0.39, 0.29) is 16.7 Å². The molecular formula is C12H15BrN2O3. The van der Waals surface area contributed by atoms with Crippen LogP contribution in [0.5, 0.6) is 0 Å². The van der Waals surface area contributed by atoms with E-state index >= 15 is 0 Å². The number of hydrogen-bond acceptors (Lipinski definition) is 4. The molecule has 0 amide bonds. The maximum absolute atomic E-state index is 10.8. The first-order valence-corrected chi connectivity index (χ1v) is 6.66. The SMILES string of the molecule is Cc1cc(NC2CCCOC2)c(Br)cc1[N+](=O)[O-]. The predicted molar refractivity (Wildman–Crippen MR) is 73.0 cm³/mol. The van der Waals surface area contributed by atoms with Crippen molar-refractivity contribution in [1.82, 2.24) is 0 Å². The molecule has 0 aliphatic carbocycles. The van der Waals surface area contributed by atoms with Gasteiger partial charge in [-0.2, -0.15) is 0 Å². The minimum absolute atomic E-state index is 0.132. The lowest BCUT2D eigenvalue weighted by molar-refractivity contribution is -0.385. The van der Waals surface area contributed by atoms with Gasteiger partial charge in [-0.1, -0.05) is 0 Å². The quantitative estimate of drug-likeness (QED) is 0.687. The third kappa shape index (κ3) is 3.00. The van der Waals surface area contributed by atoms with E-state index in [0.717, 1.165) is 25.1 Å². The lowest BCUT2D eigenvalue weighted by Gasteiger charge is -2.24. The lowest BCUT2D eigenvalue weighted by atomic mass is 10.1. The highest BCUT2D eigenvalue weighted by Gasteiger charge is 2.18. The highest BCUT2D eigenvalue weighted by Crippen LogP contribution is 2.31. The number of halogens is 1. The standard InChI is InChI=1S/C12H15BrN2O3/c1-8-5-11(10(13)6-12(8)15(16)17)14-9-3-2-4-18-7-9/h5-6,9,14H,2-4,7H2,1H3. The van der Waals surface area contributed by atoms with E-state index in [9.17, 15) is 10.1 Å². The molecule has 1 aliphatic rings. The number of anilines is 1. The van der Waals surface area contributed by atoms with Crippen LogP contribution in [0.1, 0.15) is 18.4 Å². The first-order chi connectivity index (χ1) is 8.58. The van der Waals surface area contributed by atoms with E-state index < -0.39 is 0 Å². The van der Waals surface area contributed by atoms with Gasteiger partial charge < -0.3 is 10.1 Å². The van der Waals surface area contributed by atoms with Crippen LogP contribution in [0.25, 0.3) is 0 Å². The molecule has 1 saturated heterocycles. The molecule has 5 nitrogen and oxygen atoms in total. The van der Waals surface area contributed by atoms with Crippen molar-refractivity contribution in [3.8, 4) is 0 Å². The molecule has 0 bridgehead atoms. The van der Waals surface area contributed by atoms with E-state index in [1.165, 1.54) is 0 Å². The molecule has 1 atom stereocenters. The van der Waals surface area contributed by atoms with Gasteiger partial charge in [-0.25, -0.2) is 0 Å². The van der Waals surface area contributed by atoms with Crippen molar-refractivity contribution in [2.75, 3.05) is 18.5 Å². The Hall–Kier alpha value is -1.14. The zero-order valence-electron chi connectivity index (χ0n) is 10.1. The third-order valence-corrected chi connectivity index (χ3v) is 3.66. The highest BCUT2D eigenvalue weighted by molar-refractivity contribution is 9.10. The molecule has 1 fully saturated rings. The van der Waals surface area contributed by atoms with Crippen LogP contribution >= 0.6 is 15.9 Å². The summed E-state index contributed by atoms with van der Waals surface area (Å²) in [6.07, 6.45) is 2.10. The Morgan fingerprint density at radius 1 is 1.56 bits per heavy atom. The molecule has 6 heteroatoms. The number of aryl methyl sites for hydroxylation is 1. The summed E-state index contributed by atoms with van der Waals surface area (Å²) < 4.78 is 6.11. The average molecular weight is 315 g/mol. The molecule has 0 aromatic heterocycles. The minimum atomic E-state index is -0.367. The van der Waals surface area contributed by atoms with Crippen LogP contribution in [0.15, 0.2) is 16.6 Å². The van der Waals surface area contributed by atoms with Gasteiger partial charge in [0.05, 0.1) is 11.5 Å². The first kappa shape index (κ1) is 13.3. The van der Waals surface area contributed by atoms with E-state index in [1.807, 2.05) is 0 Å². The zero-order valence-corrected chi connectivity index (χ0v) is 11.7. The number of hydrogen-bond donors (Lipinski definition) is 1. The second kappa shape index (κ2) is 5.67. The Bertz CT molecular complexity index is 459. The van der Waals surface area contributed by atoms with Gasteiger partial charge in [-0.3, -0.25) is 10.1 Å². The molecule has 2 rings (SSSR count). The van der Waals surface area contributed by atoms with Crippen LogP contribution in [0.2, 0.25) is 0 Å². The number of nitrogens with zero attached hydrogens (tertiary/aromatic N) is 1. The van der Waals surface area contributed by atoms with Crippen molar-refractivity contribution >= 4 is 27.3 Å². The minimum Gasteiger partial charge on any atom is -0.379 e. The summed E-state index contributed by atoms with van der Waals surface area (Å²) in [7, 11) is 0. The van der Waals surface area contributed by atoms with E-state index in [1.54, 1.807) is 19.1 Å². The Kier molecular flexibility index (Phi) is 4.19. The van der Waals surface area contributed by atoms with Crippen molar-refractivity contribution in [3.05, 3.63) is 32.3 Å². The van der Waals surface area contributed by atoms with Crippen LogP contribution in [0.3, 0.4) is 0 Å². The van der Waals surface area contributed by atoms with Gasteiger partial charge in [0.1, 0.15) is 0 Å². The number of nitrogens with one attached hydrogen (secondary N) is 1. The van der Waals surface area contributed by atoms with Gasteiger partial charge in [0.15, 0.2) is 0 Å². The molecule has 0 radical (unpaired) electrons. The van der Waals surface area contributed by atoms with Gasteiger partial charge in [0, 0.05) is 34.4 Å². The van der Waals surface area contributed by atoms with Crippen molar-refractivity contribution in [1.29, 1.82) is 0 Å². The Balaban J connectivity index is 2.18. The summed E-state index contributed by atoms with van der Waals surface area (Å²) in [5.41, 5.74) is 1.67. The fraction of sp³-hybridized carbons (Fsp3) is 0.500. The fourth-order valence-electron chi connectivity index (χ4n) is 2.05. The summed E-state index contributed by atoms with van der Waals surface area (Å²) >= 11 is 3.37. The molecule has 1 aromatic rings. The second-order valence-electron chi connectivity index (χ2n) is 4.43. The number of nitro groups is 1. The Morgan fingerprint density at radius 2 is 2.33 bits per heavy atom. The fourth-order valence-corrected chi connectivity index (χ4v) is 2.50. The van der Waals surface area contributed by atoms with Crippen LogP contribution in [-0.2, 0) is 4.74 Å². The summed E-state index contributed by atoms with van der Waals surface area (Å²) in [6, 6.07) is 3.62. The number of nitro benzene ring substituents is 1. The van der Waals surface area contributed by atoms with Gasteiger partial charge >= 0.3 is 0 Å². The van der Waals surface area contributed by atoms with Gasteiger partial charge in [0.25, 0.3) is 5.69 Å². The van der Waals surface area contributed by atoms with Crippen molar-refractivity contribution in [2.45, 2.75) is 25.8 Å². The highest BCUT2D eigenvalue weighted by atomic mass is 79.9. The van der Waals surface area contributed by atoms with Crippen LogP contribution in [-0.4, -0.2) is 24.2 Å². The molecule has 0 saturated carbocycles. The Labute approximate surface area is 114 Å². The predicted octanol–water partition coefficient (Wildman–Crippen LogP) is 3.26. The molecule has 1 aromatic carbocycles. The number of benzene rings is 1. The topological polar surface area (TPSA) is 64.4 Å². The van der Waals surface area contributed by atoms with E-state index in [2.05, 4.69) is 21.2 Å². The van der Waals surface area contributed by atoms with Crippen molar-refractivity contribution < 1.29 is 9.66 Å². The summed E-state index contributed by atoms with van der Waals surface area (Å²) in [4.78, 5) is 10.5. The molecule has 1 heterocycles. The van der Waals surface area contributed by atoms with Crippen molar-refractivity contribution in [3.63, 3.8) is 0 Å². The molecule has 1 unspecified atom stereocenters. The third-order valence-electron chi connectivity index (χ3n) is 3.00. The molecule has 1 N–H and O–H groups in total. The maximum Gasteiger partial charge on any atom is 0.273 e. The number of ether oxygens (including phenoxy) is 1. The zero-order chi connectivity index (χ0) is 13.1. The van der Waals surface area contributed by atoms with E-state index in [4.69, 9.17) is 4.74 Å². The molecular weight excluding hydrogens is 300 g/mol. The van der Waals surface area contributed by atoms with Gasteiger partial charge in [-0.05, 0) is 41.8 Å². The largest absolute Gasteiger partial charge is 0.379 e. The number of rotatable bonds is 3. The van der Waals surface area contributed by atoms with Crippen LogP contribution < -0.4 is 5.32 Å². The normalized spacial score (nSPS) is 19.6. The lowest BCUT2D eigenvalue weighted by Crippen LogP contribution is -2.30. The second-order valence-corrected chi connectivity index (χ2v) is 5.29. The monoisotopic (exact) mass is 314 g/mol. The average Bonchev–Trinajstić information content (AvgIpc) is 2.34. The Morgan fingerprint density at radius 3 is 2.94 bits per heavy atom. The van der Waals surface area contributed by atoms with Crippen LogP contribution in [0.4, 0.5) is 11.4 Å². The summed E-state index contributed by atoms with van der Waals surface area (Å²) in [5, 5.41) is 14.2. The van der Waals surface area contributed by atoms with Crippen molar-refractivity contribution in [2.24, 2.45) is 0 Å². The maximum atomic E-state index is 10.8. The van der Waals surface area contributed by atoms with Crippen LogP contribution in [0, 0.1) is 17.0 Å².